The summed E-state index contributed by atoms with van der Waals surface area (Å²) in [6.45, 7) is 2.16. The summed E-state index contributed by atoms with van der Waals surface area (Å²) in [6.07, 6.45) is 1.88. The zero-order chi connectivity index (χ0) is 16.1. The van der Waals surface area contributed by atoms with Crippen LogP contribution in [0.1, 0.15) is 21.9 Å². The van der Waals surface area contributed by atoms with Gasteiger partial charge in [0.25, 0.3) is 5.91 Å². The molecule has 1 amide bonds. The number of nitrogens with zero attached hydrogens (tertiary/aromatic N) is 1. The summed E-state index contributed by atoms with van der Waals surface area (Å²) >= 11 is 1.52. The maximum atomic E-state index is 12.1. The van der Waals surface area contributed by atoms with Gasteiger partial charge in [0.1, 0.15) is 11.7 Å². The minimum Gasteiger partial charge on any atom is -0.480 e. The molecule has 0 aromatic carbocycles. The highest BCUT2D eigenvalue weighted by molar-refractivity contribution is 7.09. The van der Waals surface area contributed by atoms with Gasteiger partial charge in [-0.2, -0.15) is 0 Å². The van der Waals surface area contributed by atoms with E-state index in [1.165, 1.54) is 18.4 Å². The maximum Gasteiger partial charge on any atom is 0.326 e. The van der Waals surface area contributed by atoms with Gasteiger partial charge in [-0.15, -0.1) is 11.3 Å². The average Bonchev–Trinajstić information content (AvgIpc) is 3.11. The lowest BCUT2D eigenvalue weighted by Gasteiger charge is -2.13. The SMILES string of the molecule is COCCC(NC(=O)c1cc(-c2csc(C)n2)c[nH]1)C(=O)O. The smallest absolute Gasteiger partial charge is 0.326 e. The average molecular weight is 323 g/mol. The van der Waals surface area contributed by atoms with Crippen LogP contribution < -0.4 is 5.32 Å². The summed E-state index contributed by atoms with van der Waals surface area (Å²) in [4.78, 5) is 30.4. The molecule has 0 radical (unpaired) electrons. The third-order valence-electron chi connectivity index (χ3n) is 3.06. The van der Waals surface area contributed by atoms with E-state index < -0.39 is 17.9 Å². The molecule has 0 saturated heterocycles. The molecule has 1 atom stereocenters. The zero-order valence-corrected chi connectivity index (χ0v) is 13.1. The highest BCUT2D eigenvalue weighted by atomic mass is 32.1. The van der Waals surface area contributed by atoms with Crippen LogP contribution in [0.25, 0.3) is 11.3 Å². The van der Waals surface area contributed by atoms with Crippen molar-refractivity contribution < 1.29 is 19.4 Å². The lowest BCUT2D eigenvalue weighted by molar-refractivity contribution is -0.139. The van der Waals surface area contributed by atoms with E-state index in [4.69, 9.17) is 9.84 Å². The maximum absolute atomic E-state index is 12.1. The van der Waals surface area contributed by atoms with Crippen LogP contribution in [0.4, 0.5) is 0 Å². The number of carboxylic acids is 1. The minimum absolute atomic E-state index is 0.205. The molecule has 118 valence electrons. The van der Waals surface area contributed by atoms with E-state index in [1.807, 2.05) is 12.3 Å². The van der Waals surface area contributed by atoms with Gasteiger partial charge < -0.3 is 20.1 Å². The number of amides is 1. The van der Waals surface area contributed by atoms with Crippen LogP contribution >= 0.6 is 11.3 Å². The van der Waals surface area contributed by atoms with Gasteiger partial charge in [0.05, 0.1) is 10.7 Å². The molecule has 22 heavy (non-hydrogen) atoms. The van der Waals surface area contributed by atoms with Crippen molar-refractivity contribution in [2.75, 3.05) is 13.7 Å². The van der Waals surface area contributed by atoms with Crippen molar-refractivity contribution in [1.82, 2.24) is 15.3 Å². The van der Waals surface area contributed by atoms with Crippen LogP contribution in [0.2, 0.25) is 0 Å². The molecule has 0 bridgehead atoms. The molecule has 0 saturated carbocycles. The summed E-state index contributed by atoms with van der Waals surface area (Å²) < 4.78 is 4.84. The second-order valence-electron chi connectivity index (χ2n) is 4.70. The van der Waals surface area contributed by atoms with Gasteiger partial charge in [0.2, 0.25) is 0 Å². The molecule has 0 aliphatic heterocycles. The fourth-order valence-electron chi connectivity index (χ4n) is 1.90. The number of thiazole rings is 1. The molecule has 0 fully saturated rings. The Morgan fingerprint density at radius 3 is 2.91 bits per heavy atom. The van der Waals surface area contributed by atoms with E-state index in [9.17, 15) is 9.59 Å². The number of methoxy groups -OCH3 is 1. The van der Waals surface area contributed by atoms with Crippen LogP contribution in [0.5, 0.6) is 0 Å². The summed E-state index contributed by atoms with van der Waals surface area (Å²) in [7, 11) is 1.48. The Hall–Kier alpha value is -2.19. The number of aliphatic carboxylic acids is 1. The Morgan fingerprint density at radius 2 is 2.32 bits per heavy atom. The first-order chi connectivity index (χ1) is 10.5. The van der Waals surface area contributed by atoms with Crippen molar-refractivity contribution in [3.8, 4) is 11.3 Å². The van der Waals surface area contributed by atoms with Crippen molar-refractivity contribution in [1.29, 1.82) is 0 Å². The number of hydrogen-bond donors (Lipinski definition) is 3. The first-order valence-corrected chi connectivity index (χ1v) is 7.52. The number of nitrogens with one attached hydrogen (secondary N) is 2. The van der Waals surface area contributed by atoms with Gasteiger partial charge in [-0.25, -0.2) is 9.78 Å². The Bertz CT molecular complexity index is 665. The van der Waals surface area contributed by atoms with Crippen molar-refractivity contribution in [2.45, 2.75) is 19.4 Å². The van der Waals surface area contributed by atoms with Gasteiger partial charge >= 0.3 is 5.97 Å². The molecule has 1 unspecified atom stereocenters. The Kier molecular flexibility index (Phi) is 5.29. The molecular weight excluding hydrogens is 306 g/mol. The predicted molar refractivity (Wildman–Crippen MR) is 82.0 cm³/mol. The number of H-pyrrole nitrogens is 1. The molecule has 7 nitrogen and oxygen atoms in total. The second kappa shape index (κ2) is 7.19. The Labute approximate surface area is 131 Å². The first kappa shape index (κ1) is 16.2. The second-order valence-corrected chi connectivity index (χ2v) is 5.76. The number of rotatable bonds is 7. The standard InChI is InChI=1S/C14H17N3O4S/c1-8-16-12(7-22-8)9-5-11(15-6-9)13(18)17-10(14(19)20)3-4-21-2/h5-7,10,15H,3-4H2,1-2H3,(H,17,18)(H,19,20). The van der Waals surface area contributed by atoms with Crippen LogP contribution in [0.3, 0.4) is 0 Å². The van der Waals surface area contributed by atoms with Crippen LogP contribution in [0, 0.1) is 6.92 Å². The van der Waals surface area contributed by atoms with E-state index in [-0.39, 0.29) is 13.0 Å². The molecule has 0 aliphatic rings. The normalized spacial score (nSPS) is 12.1. The van der Waals surface area contributed by atoms with Gasteiger partial charge in [0, 0.05) is 37.3 Å². The number of aromatic amines is 1. The number of ether oxygens (including phenoxy) is 1. The molecule has 0 spiro atoms. The highest BCUT2D eigenvalue weighted by Gasteiger charge is 2.21. The van der Waals surface area contributed by atoms with Crippen molar-refractivity contribution in [3.05, 3.63) is 28.3 Å². The molecule has 3 N–H and O–H groups in total. The van der Waals surface area contributed by atoms with Crippen molar-refractivity contribution >= 4 is 23.2 Å². The predicted octanol–water partition coefficient (Wildman–Crippen LogP) is 1.67. The van der Waals surface area contributed by atoms with E-state index in [0.29, 0.717) is 5.69 Å². The Morgan fingerprint density at radius 1 is 1.55 bits per heavy atom. The molecule has 2 heterocycles. The van der Waals surface area contributed by atoms with Gasteiger partial charge in [-0.3, -0.25) is 4.79 Å². The highest BCUT2D eigenvalue weighted by Crippen LogP contribution is 2.22. The van der Waals surface area contributed by atoms with Crippen molar-refractivity contribution in [2.24, 2.45) is 0 Å². The third kappa shape index (κ3) is 3.92. The number of aromatic nitrogens is 2. The number of carboxylic acid groups (broad SMARTS) is 1. The Balaban J connectivity index is 2.06. The van der Waals surface area contributed by atoms with E-state index in [0.717, 1.165) is 16.3 Å². The van der Waals surface area contributed by atoms with Gasteiger partial charge in [0.15, 0.2) is 0 Å². The summed E-state index contributed by atoms with van der Waals surface area (Å²) in [5.74, 6) is -1.56. The van der Waals surface area contributed by atoms with Crippen LogP contribution in [0.15, 0.2) is 17.6 Å². The van der Waals surface area contributed by atoms with Crippen LogP contribution in [-0.2, 0) is 9.53 Å². The summed E-state index contributed by atoms with van der Waals surface area (Å²) in [5.41, 5.74) is 1.87. The van der Waals surface area contributed by atoms with E-state index >= 15 is 0 Å². The molecular formula is C14H17N3O4S. The lowest BCUT2D eigenvalue weighted by Crippen LogP contribution is -2.41. The fraction of sp³-hybridized carbons (Fsp3) is 0.357. The molecule has 2 aromatic rings. The lowest BCUT2D eigenvalue weighted by atomic mass is 10.2. The summed E-state index contributed by atoms with van der Waals surface area (Å²) in [5, 5.41) is 14.4. The molecule has 0 aliphatic carbocycles. The fourth-order valence-corrected chi connectivity index (χ4v) is 2.52. The summed E-state index contributed by atoms with van der Waals surface area (Å²) in [6, 6.07) is 0.666. The molecule has 8 heteroatoms. The largest absolute Gasteiger partial charge is 0.480 e. The number of hydrogen-bond acceptors (Lipinski definition) is 5. The molecule has 2 rings (SSSR count). The third-order valence-corrected chi connectivity index (χ3v) is 3.83. The number of aryl methyl sites for hydroxylation is 1. The van der Waals surface area contributed by atoms with Crippen molar-refractivity contribution in [3.63, 3.8) is 0 Å². The number of carbonyl (C=O) groups is 2. The first-order valence-electron chi connectivity index (χ1n) is 6.64. The quantitative estimate of drug-likeness (QED) is 0.719. The minimum atomic E-state index is -1.09. The van der Waals surface area contributed by atoms with E-state index in [2.05, 4.69) is 15.3 Å². The number of carbonyl (C=O) groups excluding carboxylic acids is 1. The van der Waals surface area contributed by atoms with Gasteiger partial charge in [-0.05, 0) is 13.0 Å². The monoisotopic (exact) mass is 323 g/mol. The topological polar surface area (TPSA) is 104 Å². The van der Waals surface area contributed by atoms with Gasteiger partial charge in [-0.1, -0.05) is 0 Å². The molecule has 2 aromatic heterocycles. The van der Waals surface area contributed by atoms with Crippen LogP contribution in [-0.4, -0.2) is 46.7 Å². The zero-order valence-electron chi connectivity index (χ0n) is 12.3. The van der Waals surface area contributed by atoms with E-state index in [1.54, 1.807) is 12.3 Å².